The number of rotatable bonds is 2. The summed E-state index contributed by atoms with van der Waals surface area (Å²) in [5.41, 5.74) is 0.154. The van der Waals surface area contributed by atoms with Gasteiger partial charge in [-0.05, 0) is 30.5 Å². The standard InChI is InChI=1S/C14H15ClN3O2/c15-11-3-1-10(2-4-11)9-18-12(19)14(17-13(18)20)5-7-16-8-6-14/h1-4H,5-9H2,(H,17,20). The highest BCUT2D eigenvalue weighted by atomic mass is 35.5. The van der Waals surface area contributed by atoms with Crippen molar-refractivity contribution in [1.82, 2.24) is 15.5 Å². The van der Waals surface area contributed by atoms with Gasteiger partial charge >= 0.3 is 6.03 Å². The highest BCUT2D eigenvalue weighted by Crippen LogP contribution is 2.28. The molecule has 1 aromatic rings. The molecule has 0 atom stereocenters. The molecule has 6 heteroatoms. The molecule has 2 heterocycles. The third-order valence-electron chi connectivity index (χ3n) is 3.89. The molecule has 2 aliphatic rings. The van der Waals surface area contributed by atoms with Crippen molar-refractivity contribution in [1.29, 1.82) is 0 Å². The molecule has 2 saturated heterocycles. The molecular formula is C14H15ClN3O2. The summed E-state index contributed by atoms with van der Waals surface area (Å²) in [6, 6.07) is 6.84. The molecule has 0 aromatic heterocycles. The van der Waals surface area contributed by atoms with Gasteiger partial charge in [0, 0.05) is 18.1 Å². The Morgan fingerprint density at radius 3 is 2.50 bits per heavy atom. The summed E-state index contributed by atoms with van der Waals surface area (Å²) in [6.07, 6.45) is 1.18. The molecule has 0 bridgehead atoms. The van der Waals surface area contributed by atoms with Gasteiger partial charge < -0.3 is 5.32 Å². The molecule has 1 aromatic carbocycles. The number of nitrogens with one attached hydrogen (secondary N) is 1. The van der Waals surface area contributed by atoms with Crippen molar-refractivity contribution < 1.29 is 9.59 Å². The monoisotopic (exact) mass is 292 g/mol. The fourth-order valence-corrected chi connectivity index (χ4v) is 2.83. The molecule has 2 aliphatic heterocycles. The summed E-state index contributed by atoms with van der Waals surface area (Å²) in [5.74, 6) is -0.132. The van der Waals surface area contributed by atoms with Crippen LogP contribution in [0.5, 0.6) is 0 Å². The summed E-state index contributed by atoms with van der Waals surface area (Å²) in [6.45, 7) is 1.53. The number of piperidine rings is 1. The van der Waals surface area contributed by atoms with Crippen LogP contribution < -0.4 is 10.6 Å². The van der Waals surface area contributed by atoms with E-state index in [-0.39, 0.29) is 18.5 Å². The molecule has 1 radical (unpaired) electrons. The van der Waals surface area contributed by atoms with Crippen LogP contribution in [0.3, 0.4) is 0 Å². The molecule has 3 rings (SSSR count). The average molecular weight is 293 g/mol. The van der Waals surface area contributed by atoms with Gasteiger partial charge in [-0.3, -0.25) is 9.69 Å². The molecule has 3 amide bonds. The third kappa shape index (κ3) is 2.27. The Morgan fingerprint density at radius 1 is 1.20 bits per heavy atom. The normalized spacial score (nSPS) is 21.4. The Kier molecular flexibility index (Phi) is 3.40. The van der Waals surface area contributed by atoms with Crippen molar-refractivity contribution in [2.24, 2.45) is 0 Å². The van der Waals surface area contributed by atoms with E-state index in [1.54, 1.807) is 12.1 Å². The van der Waals surface area contributed by atoms with E-state index in [1.165, 1.54) is 4.90 Å². The molecule has 5 nitrogen and oxygen atoms in total. The van der Waals surface area contributed by atoms with Crippen molar-refractivity contribution in [2.75, 3.05) is 13.1 Å². The third-order valence-corrected chi connectivity index (χ3v) is 4.15. The maximum atomic E-state index is 12.5. The molecule has 20 heavy (non-hydrogen) atoms. The smallest absolute Gasteiger partial charge is 0.323 e. The number of halogens is 1. The van der Waals surface area contributed by atoms with E-state index < -0.39 is 5.54 Å². The Balaban J connectivity index is 1.78. The quantitative estimate of drug-likeness (QED) is 0.840. The largest absolute Gasteiger partial charge is 0.325 e. The summed E-state index contributed by atoms with van der Waals surface area (Å²) in [7, 11) is 0. The predicted molar refractivity (Wildman–Crippen MR) is 74.4 cm³/mol. The van der Waals surface area contributed by atoms with E-state index in [0.29, 0.717) is 31.0 Å². The van der Waals surface area contributed by atoms with Gasteiger partial charge in [0.05, 0.1) is 6.54 Å². The minimum absolute atomic E-state index is 0.132. The number of hydrogen-bond donors (Lipinski definition) is 1. The average Bonchev–Trinajstić information content (AvgIpc) is 2.67. The lowest BCUT2D eigenvalue weighted by atomic mass is 9.88. The first-order valence-corrected chi connectivity index (χ1v) is 7.00. The fourth-order valence-electron chi connectivity index (χ4n) is 2.71. The summed E-state index contributed by atoms with van der Waals surface area (Å²) >= 11 is 5.83. The molecule has 0 unspecified atom stereocenters. The number of carbonyl (C=O) groups is 2. The van der Waals surface area contributed by atoms with Crippen LogP contribution in [0, 0.1) is 0 Å². The van der Waals surface area contributed by atoms with E-state index in [0.717, 1.165) is 5.56 Å². The molecule has 105 valence electrons. The van der Waals surface area contributed by atoms with E-state index in [9.17, 15) is 9.59 Å². The summed E-state index contributed by atoms with van der Waals surface area (Å²) < 4.78 is 0. The minimum Gasteiger partial charge on any atom is -0.323 e. The van der Waals surface area contributed by atoms with Crippen molar-refractivity contribution in [2.45, 2.75) is 24.9 Å². The number of imide groups is 1. The van der Waals surface area contributed by atoms with E-state index >= 15 is 0 Å². The second-order valence-electron chi connectivity index (χ2n) is 5.20. The molecule has 1 N–H and O–H groups in total. The van der Waals surface area contributed by atoms with Crippen LogP contribution in [0.4, 0.5) is 4.79 Å². The van der Waals surface area contributed by atoms with Crippen molar-refractivity contribution in [3.8, 4) is 0 Å². The SMILES string of the molecule is O=C1NC2(CC[N]CC2)C(=O)N1Cc1ccc(Cl)cc1. The first kappa shape index (κ1) is 13.4. The lowest BCUT2D eigenvalue weighted by molar-refractivity contribution is -0.132. The van der Waals surface area contributed by atoms with E-state index in [1.807, 2.05) is 12.1 Å². The minimum atomic E-state index is -0.731. The number of hydrogen-bond acceptors (Lipinski definition) is 2. The molecule has 0 saturated carbocycles. The Bertz CT molecular complexity index is 538. The zero-order valence-corrected chi connectivity index (χ0v) is 11.7. The van der Waals surface area contributed by atoms with Gasteiger partial charge in [0.25, 0.3) is 5.91 Å². The molecule has 1 spiro atoms. The molecule has 2 fully saturated rings. The van der Waals surface area contributed by atoms with Gasteiger partial charge in [0.15, 0.2) is 0 Å². The van der Waals surface area contributed by atoms with Crippen molar-refractivity contribution in [3.05, 3.63) is 34.9 Å². The zero-order valence-electron chi connectivity index (χ0n) is 10.9. The van der Waals surface area contributed by atoms with Gasteiger partial charge in [0.2, 0.25) is 0 Å². The van der Waals surface area contributed by atoms with Crippen LogP contribution in [0.2, 0.25) is 5.02 Å². The summed E-state index contributed by atoms with van der Waals surface area (Å²) in [5, 5.41) is 7.73. The van der Waals surface area contributed by atoms with Crippen LogP contribution in [0.25, 0.3) is 0 Å². The maximum absolute atomic E-state index is 12.5. The van der Waals surface area contributed by atoms with Crippen molar-refractivity contribution >= 4 is 23.5 Å². The maximum Gasteiger partial charge on any atom is 0.325 e. The van der Waals surface area contributed by atoms with Crippen LogP contribution in [-0.2, 0) is 11.3 Å². The second kappa shape index (κ2) is 5.07. The second-order valence-corrected chi connectivity index (χ2v) is 5.64. The Labute approximate surface area is 122 Å². The molecule has 0 aliphatic carbocycles. The van der Waals surface area contributed by atoms with Crippen LogP contribution in [0.15, 0.2) is 24.3 Å². The number of nitrogens with zero attached hydrogens (tertiary/aromatic N) is 2. The summed E-state index contributed by atoms with van der Waals surface area (Å²) in [4.78, 5) is 25.9. The predicted octanol–water partition coefficient (Wildman–Crippen LogP) is 1.53. The first-order valence-electron chi connectivity index (χ1n) is 6.63. The van der Waals surface area contributed by atoms with Gasteiger partial charge in [0.1, 0.15) is 5.54 Å². The van der Waals surface area contributed by atoms with Gasteiger partial charge in [-0.1, -0.05) is 23.7 Å². The number of carbonyl (C=O) groups excluding carboxylic acids is 2. The number of benzene rings is 1. The fraction of sp³-hybridized carbons (Fsp3) is 0.429. The lowest BCUT2D eigenvalue weighted by Gasteiger charge is -2.30. The topological polar surface area (TPSA) is 63.5 Å². The lowest BCUT2D eigenvalue weighted by Crippen LogP contribution is -2.52. The van der Waals surface area contributed by atoms with Crippen LogP contribution >= 0.6 is 11.6 Å². The van der Waals surface area contributed by atoms with E-state index in [4.69, 9.17) is 11.6 Å². The number of urea groups is 1. The van der Waals surface area contributed by atoms with Crippen molar-refractivity contribution in [3.63, 3.8) is 0 Å². The number of amides is 3. The highest BCUT2D eigenvalue weighted by Gasteiger charge is 2.51. The molecular weight excluding hydrogens is 278 g/mol. The van der Waals surface area contributed by atoms with Crippen LogP contribution in [0.1, 0.15) is 18.4 Å². The first-order chi connectivity index (χ1) is 9.61. The highest BCUT2D eigenvalue weighted by molar-refractivity contribution is 6.30. The van der Waals surface area contributed by atoms with Gasteiger partial charge in [-0.15, -0.1) is 0 Å². The van der Waals surface area contributed by atoms with Gasteiger partial charge in [-0.2, -0.15) is 0 Å². The Hall–Kier alpha value is -1.59. The van der Waals surface area contributed by atoms with Gasteiger partial charge in [-0.25, -0.2) is 10.1 Å². The zero-order chi connectivity index (χ0) is 14.2. The van der Waals surface area contributed by atoms with E-state index in [2.05, 4.69) is 10.6 Å². The van der Waals surface area contributed by atoms with Crippen LogP contribution in [-0.4, -0.2) is 35.5 Å². The Morgan fingerprint density at radius 2 is 1.85 bits per heavy atom.